The van der Waals surface area contributed by atoms with E-state index >= 15 is 0 Å². The molecule has 24 heavy (non-hydrogen) atoms. The van der Waals surface area contributed by atoms with Gasteiger partial charge in [0.2, 0.25) is 5.91 Å². The number of hydrogen-bond acceptors (Lipinski definition) is 3. The molecule has 2 aromatic rings. The first-order chi connectivity index (χ1) is 11.6. The fraction of sp³-hybridized carbons (Fsp3) is 0.167. The Labute approximate surface area is 139 Å². The second kappa shape index (κ2) is 6.54. The van der Waals surface area contributed by atoms with E-state index in [4.69, 9.17) is 0 Å². The van der Waals surface area contributed by atoms with E-state index in [0.717, 1.165) is 0 Å². The van der Waals surface area contributed by atoms with E-state index in [9.17, 15) is 14.4 Å². The average Bonchev–Trinajstić information content (AvgIpc) is 2.89. The number of carbonyl (C=O) groups is 3. The highest BCUT2D eigenvalue weighted by molar-refractivity contribution is 6.07. The van der Waals surface area contributed by atoms with Crippen LogP contribution in [0.1, 0.15) is 18.4 Å². The zero-order chi connectivity index (χ0) is 17.0. The van der Waals surface area contributed by atoms with Crippen LogP contribution in [0, 0.1) is 0 Å². The van der Waals surface area contributed by atoms with E-state index in [1.54, 1.807) is 36.4 Å². The zero-order valence-electron chi connectivity index (χ0n) is 12.9. The number of carbonyl (C=O) groups excluding carboxylic acids is 3. The smallest absolute Gasteiger partial charge is 0.322 e. The van der Waals surface area contributed by atoms with E-state index in [0.29, 0.717) is 11.3 Å². The first kappa shape index (κ1) is 15.7. The van der Waals surface area contributed by atoms with Gasteiger partial charge in [-0.1, -0.05) is 48.5 Å². The molecule has 0 spiro atoms. The summed E-state index contributed by atoms with van der Waals surface area (Å²) >= 11 is 0. The molecule has 1 aliphatic rings. The molecule has 6 heteroatoms. The van der Waals surface area contributed by atoms with Crippen molar-refractivity contribution in [3.8, 4) is 0 Å². The molecular formula is C18H17N3O3. The molecule has 0 radical (unpaired) electrons. The van der Waals surface area contributed by atoms with E-state index in [-0.39, 0.29) is 18.7 Å². The van der Waals surface area contributed by atoms with Crippen LogP contribution >= 0.6 is 0 Å². The van der Waals surface area contributed by atoms with Crippen molar-refractivity contribution < 1.29 is 14.4 Å². The van der Waals surface area contributed by atoms with Crippen molar-refractivity contribution in [2.75, 3.05) is 5.32 Å². The lowest BCUT2D eigenvalue weighted by molar-refractivity contribution is -0.125. The van der Waals surface area contributed by atoms with Crippen LogP contribution in [0.15, 0.2) is 60.7 Å². The molecule has 0 saturated carbocycles. The fourth-order valence-corrected chi connectivity index (χ4v) is 2.78. The predicted molar refractivity (Wildman–Crippen MR) is 89.1 cm³/mol. The largest absolute Gasteiger partial charge is 0.326 e. The minimum Gasteiger partial charge on any atom is -0.326 e. The van der Waals surface area contributed by atoms with Crippen LogP contribution in [0.3, 0.4) is 0 Å². The minimum absolute atomic E-state index is 0.0947. The van der Waals surface area contributed by atoms with Gasteiger partial charge >= 0.3 is 6.03 Å². The third-order valence-corrected chi connectivity index (χ3v) is 3.99. The first-order valence-corrected chi connectivity index (χ1v) is 7.64. The molecule has 6 nitrogen and oxygen atoms in total. The molecule has 122 valence electrons. The lowest BCUT2D eigenvalue weighted by Gasteiger charge is -2.26. The summed E-state index contributed by atoms with van der Waals surface area (Å²) in [6.07, 6.45) is 0.269. The highest BCUT2D eigenvalue weighted by Gasteiger charge is 2.47. The van der Waals surface area contributed by atoms with Crippen molar-refractivity contribution in [1.29, 1.82) is 0 Å². The van der Waals surface area contributed by atoms with Gasteiger partial charge in [0.1, 0.15) is 5.54 Å². The van der Waals surface area contributed by atoms with Crippen LogP contribution in [0.5, 0.6) is 0 Å². The molecule has 1 heterocycles. The normalized spacial score (nSPS) is 19.5. The molecule has 4 amide bonds. The summed E-state index contributed by atoms with van der Waals surface area (Å²) in [7, 11) is 0. The van der Waals surface area contributed by atoms with E-state index in [2.05, 4.69) is 16.0 Å². The van der Waals surface area contributed by atoms with Gasteiger partial charge in [0.05, 0.1) is 0 Å². The van der Waals surface area contributed by atoms with E-state index in [1.165, 1.54) is 0 Å². The summed E-state index contributed by atoms with van der Waals surface area (Å²) in [6.45, 7) is 0. The van der Waals surface area contributed by atoms with E-state index < -0.39 is 17.5 Å². The number of benzene rings is 2. The van der Waals surface area contributed by atoms with Gasteiger partial charge in [-0.15, -0.1) is 0 Å². The Balaban J connectivity index is 1.75. The van der Waals surface area contributed by atoms with Gasteiger partial charge in [-0.25, -0.2) is 4.79 Å². The van der Waals surface area contributed by atoms with Crippen molar-refractivity contribution in [3.63, 3.8) is 0 Å². The topological polar surface area (TPSA) is 87.3 Å². The Kier molecular flexibility index (Phi) is 4.29. The molecule has 3 rings (SSSR count). The van der Waals surface area contributed by atoms with Crippen LogP contribution in [0.4, 0.5) is 10.5 Å². The number of anilines is 1. The summed E-state index contributed by atoms with van der Waals surface area (Å²) in [5.41, 5.74) is 0.129. The van der Waals surface area contributed by atoms with Gasteiger partial charge in [-0.3, -0.25) is 14.9 Å². The van der Waals surface area contributed by atoms with Crippen LogP contribution in [-0.4, -0.2) is 17.8 Å². The maximum absolute atomic E-state index is 12.4. The number of para-hydroxylation sites is 1. The molecular weight excluding hydrogens is 306 g/mol. The van der Waals surface area contributed by atoms with Crippen molar-refractivity contribution in [3.05, 3.63) is 66.2 Å². The van der Waals surface area contributed by atoms with Crippen molar-refractivity contribution in [2.45, 2.75) is 18.4 Å². The molecule has 0 aromatic heterocycles. The summed E-state index contributed by atoms with van der Waals surface area (Å²) in [6, 6.07) is 17.5. The number of hydrogen-bond donors (Lipinski definition) is 3. The fourth-order valence-electron chi connectivity index (χ4n) is 2.78. The summed E-state index contributed by atoms with van der Waals surface area (Å²) in [5, 5.41) is 7.71. The monoisotopic (exact) mass is 323 g/mol. The standard InChI is InChI=1S/C18H17N3O3/c22-15(19-14-9-5-2-6-10-14)11-12-18(13-7-3-1-4-8-13)16(23)20-17(24)21-18/h1-10H,11-12H2,(H,19,22)(H2,20,21,23,24). The molecule has 1 unspecified atom stereocenters. The van der Waals surface area contributed by atoms with Gasteiger partial charge in [0.15, 0.2) is 0 Å². The maximum atomic E-state index is 12.4. The quantitative estimate of drug-likeness (QED) is 0.737. The van der Waals surface area contributed by atoms with Crippen molar-refractivity contribution in [2.24, 2.45) is 0 Å². The molecule has 1 atom stereocenters. The lowest BCUT2D eigenvalue weighted by atomic mass is 9.85. The number of rotatable bonds is 5. The SMILES string of the molecule is O=C(CCC1(c2ccccc2)NC(=O)NC1=O)Nc1ccccc1. The molecule has 2 aromatic carbocycles. The molecule has 1 fully saturated rings. The Hall–Kier alpha value is -3.15. The highest BCUT2D eigenvalue weighted by Crippen LogP contribution is 2.30. The molecule has 1 saturated heterocycles. The first-order valence-electron chi connectivity index (χ1n) is 7.64. The maximum Gasteiger partial charge on any atom is 0.322 e. The molecule has 0 bridgehead atoms. The lowest BCUT2D eigenvalue weighted by Crippen LogP contribution is -2.44. The van der Waals surface area contributed by atoms with Gasteiger partial charge in [-0.2, -0.15) is 0 Å². The average molecular weight is 323 g/mol. The van der Waals surface area contributed by atoms with E-state index in [1.807, 2.05) is 24.3 Å². The number of nitrogens with one attached hydrogen (secondary N) is 3. The number of imide groups is 1. The zero-order valence-corrected chi connectivity index (χ0v) is 12.9. The summed E-state index contributed by atoms with van der Waals surface area (Å²) in [5.74, 6) is -0.656. The molecule has 1 aliphatic heterocycles. The summed E-state index contributed by atoms with van der Waals surface area (Å²) in [4.78, 5) is 36.2. The van der Waals surface area contributed by atoms with Gasteiger partial charge in [-0.05, 0) is 24.1 Å². The minimum atomic E-state index is -1.22. The van der Waals surface area contributed by atoms with Gasteiger partial charge < -0.3 is 10.6 Å². The third kappa shape index (κ3) is 3.12. The second-order valence-corrected chi connectivity index (χ2v) is 5.59. The Morgan fingerprint density at radius 2 is 1.58 bits per heavy atom. The van der Waals surface area contributed by atoms with Crippen LogP contribution in [0.25, 0.3) is 0 Å². The van der Waals surface area contributed by atoms with Crippen LogP contribution in [0.2, 0.25) is 0 Å². The summed E-state index contributed by atoms with van der Waals surface area (Å²) < 4.78 is 0. The van der Waals surface area contributed by atoms with Crippen molar-refractivity contribution in [1.82, 2.24) is 10.6 Å². The Morgan fingerprint density at radius 1 is 0.958 bits per heavy atom. The Bertz CT molecular complexity index is 762. The molecule has 0 aliphatic carbocycles. The number of amides is 4. The highest BCUT2D eigenvalue weighted by atomic mass is 16.2. The Morgan fingerprint density at radius 3 is 2.17 bits per heavy atom. The third-order valence-electron chi connectivity index (χ3n) is 3.99. The van der Waals surface area contributed by atoms with Gasteiger partial charge in [0.25, 0.3) is 5.91 Å². The van der Waals surface area contributed by atoms with Gasteiger partial charge in [0, 0.05) is 12.1 Å². The molecule has 3 N–H and O–H groups in total. The second-order valence-electron chi connectivity index (χ2n) is 5.59. The van der Waals surface area contributed by atoms with Crippen molar-refractivity contribution >= 4 is 23.5 Å². The number of urea groups is 1. The van der Waals surface area contributed by atoms with Crippen LogP contribution in [-0.2, 0) is 15.1 Å². The predicted octanol–water partition coefficient (Wildman–Crippen LogP) is 2.14. The van der Waals surface area contributed by atoms with Crippen LogP contribution < -0.4 is 16.0 Å².